The normalized spacial score (nSPS) is 19.4. The third-order valence-corrected chi connectivity index (χ3v) is 8.23. The average molecular weight is 573 g/mol. The van der Waals surface area contributed by atoms with Crippen molar-refractivity contribution >= 4 is 54.8 Å². The second kappa shape index (κ2) is 10.1. The Hall–Kier alpha value is -1.24. The molecule has 1 aliphatic heterocycles. The van der Waals surface area contributed by atoms with Crippen LogP contribution in [0.15, 0.2) is 56.3 Å². The lowest BCUT2D eigenvalue weighted by molar-refractivity contribution is 0.0945. The van der Waals surface area contributed by atoms with Crippen molar-refractivity contribution in [1.82, 2.24) is 14.8 Å². The minimum absolute atomic E-state index is 0.140. The standard InChI is InChI=1S/C20H24BBr2N3O4S/c1-13-4-3-5-14(8-13)20(27)24-11-17-10-16(12-26(17)21(2)28)25-31(29,30)19-9-15(22)6-7-18(19)23/h3-9,16-17,25,28H,10-12H2,1-2H3,(H,24,27)/t16-,17-/m1/s1. The Bertz CT molecular complexity index is 1070. The highest BCUT2D eigenvalue weighted by Gasteiger charge is 2.38. The van der Waals surface area contributed by atoms with E-state index in [4.69, 9.17) is 0 Å². The number of nitrogens with zero attached hydrogens (tertiary/aromatic N) is 1. The first-order chi connectivity index (χ1) is 14.6. The van der Waals surface area contributed by atoms with Crippen LogP contribution in [0.25, 0.3) is 0 Å². The molecule has 1 aliphatic rings. The Morgan fingerprint density at radius 2 is 2.00 bits per heavy atom. The van der Waals surface area contributed by atoms with Crippen molar-refractivity contribution in [2.75, 3.05) is 13.1 Å². The summed E-state index contributed by atoms with van der Waals surface area (Å²) in [6, 6.07) is 11.7. The van der Waals surface area contributed by atoms with Crippen LogP contribution in [0.5, 0.6) is 0 Å². The largest absolute Gasteiger partial charge is 0.437 e. The van der Waals surface area contributed by atoms with Crippen LogP contribution in [-0.2, 0) is 10.0 Å². The monoisotopic (exact) mass is 571 g/mol. The Morgan fingerprint density at radius 3 is 2.68 bits per heavy atom. The van der Waals surface area contributed by atoms with E-state index in [-0.39, 0.29) is 16.8 Å². The maximum absolute atomic E-state index is 12.9. The van der Waals surface area contributed by atoms with E-state index in [1.165, 1.54) is 6.07 Å². The topological polar surface area (TPSA) is 98.7 Å². The first-order valence-corrected chi connectivity index (χ1v) is 12.9. The number of amides is 1. The van der Waals surface area contributed by atoms with E-state index in [9.17, 15) is 18.2 Å². The van der Waals surface area contributed by atoms with Gasteiger partial charge in [-0.05, 0) is 66.4 Å². The van der Waals surface area contributed by atoms with Gasteiger partial charge >= 0.3 is 7.05 Å². The molecule has 7 nitrogen and oxygen atoms in total. The fourth-order valence-corrected chi connectivity index (χ4v) is 6.49. The lowest BCUT2D eigenvalue weighted by Gasteiger charge is -2.25. The zero-order valence-corrected chi connectivity index (χ0v) is 21.2. The van der Waals surface area contributed by atoms with E-state index in [0.29, 0.717) is 34.0 Å². The van der Waals surface area contributed by atoms with Gasteiger partial charge in [0.05, 0.1) is 4.90 Å². The third kappa shape index (κ3) is 6.18. The van der Waals surface area contributed by atoms with Gasteiger partial charge in [-0.15, -0.1) is 0 Å². The summed E-state index contributed by atoms with van der Waals surface area (Å²) in [5.74, 6) is -0.198. The number of sulfonamides is 1. The average Bonchev–Trinajstić information content (AvgIpc) is 3.10. The number of carbonyl (C=O) groups excluding carboxylic acids is 1. The summed E-state index contributed by atoms with van der Waals surface area (Å²) in [4.78, 5) is 14.4. The lowest BCUT2D eigenvalue weighted by atomic mass is 9.84. The fourth-order valence-electron chi connectivity index (χ4n) is 3.75. The van der Waals surface area contributed by atoms with Crippen LogP contribution in [0.3, 0.4) is 0 Å². The number of carbonyl (C=O) groups is 1. The minimum atomic E-state index is -3.77. The molecule has 0 radical (unpaired) electrons. The van der Waals surface area contributed by atoms with E-state index in [2.05, 4.69) is 41.9 Å². The summed E-state index contributed by atoms with van der Waals surface area (Å²) in [5, 5.41) is 13.1. The van der Waals surface area contributed by atoms with E-state index in [0.717, 1.165) is 5.56 Å². The molecule has 0 unspecified atom stereocenters. The first kappa shape index (κ1) is 24.4. The molecule has 0 aromatic heterocycles. The van der Waals surface area contributed by atoms with Gasteiger partial charge in [0.25, 0.3) is 5.91 Å². The van der Waals surface area contributed by atoms with Crippen LogP contribution in [-0.4, -0.2) is 56.4 Å². The van der Waals surface area contributed by atoms with E-state index in [1.807, 2.05) is 25.1 Å². The van der Waals surface area contributed by atoms with E-state index < -0.39 is 23.1 Å². The Labute approximate surface area is 200 Å². The molecule has 0 saturated carbocycles. The number of rotatable bonds is 7. The van der Waals surface area contributed by atoms with Crippen molar-refractivity contribution in [3.05, 3.63) is 62.5 Å². The second-order valence-corrected chi connectivity index (χ2v) is 11.1. The maximum Gasteiger partial charge on any atom is 0.376 e. The molecule has 2 atom stereocenters. The van der Waals surface area contributed by atoms with Crippen LogP contribution in [0.4, 0.5) is 0 Å². The van der Waals surface area contributed by atoms with Crippen LogP contribution in [0.2, 0.25) is 6.82 Å². The van der Waals surface area contributed by atoms with Crippen molar-refractivity contribution in [3.8, 4) is 0 Å². The fraction of sp³-hybridized carbons (Fsp3) is 0.350. The van der Waals surface area contributed by atoms with Gasteiger partial charge in [-0.3, -0.25) is 4.79 Å². The predicted molar refractivity (Wildman–Crippen MR) is 128 cm³/mol. The summed E-state index contributed by atoms with van der Waals surface area (Å²) < 4.78 is 29.7. The van der Waals surface area contributed by atoms with Crippen LogP contribution in [0, 0.1) is 6.92 Å². The van der Waals surface area contributed by atoms with Gasteiger partial charge < -0.3 is 15.2 Å². The predicted octanol–water partition coefficient (Wildman–Crippen LogP) is 2.78. The number of benzene rings is 2. The van der Waals surface area contributed by atoms with Gasteiger partial charge in [0, 0.05) is 39.7 Å². The Morgan fingerprint density at radius 1 is 1.26 bits per heavy atom. The molecule has 1 heterocycles. The summed E-state index contributed by atoms with van der Waals surface area (Å²) in [6.07, 6.45) is 0.462. The van der Waals surface area contributed by atoms with Gasteiger partial charge in [0.15, 0.2) is 0 Å². The van der Waals surface area contributed by atoms with Crippen molar-refractivity contribution < 1.29 is 18.2 Å². The zero-order chi connectivity index (χ0) is 22.8. The number of hydrogen-bond acceptors (Lipinski definition) is 5. The van der Waals surface area contributed by atoms with Crippen LogP contribution < -0.4 is 10.0 Å². The molecule has 2 aromatic carbocycles. The molecule has 1 amide bonds. The third-order valence-electron chi connectivity index (χ3n) is 5.22. The van der Waals surface area contributed by atoms with Crippen molar-refractivity contribution in [2.24, 2.45) is 0 Å². The molecular weight excluding hydrogens is 549 g/mol. The summed E-state index contributed by atoms with van der Waals surface area (Å²) in [6.45, 7) is 4.20. The van der Waals surface area contributed by atoms with Gasteiger partial charge in [0.1, 0.15) is 0 Å². The molecule has 166 valence electrons. The second-order valence-electron chi connectivity index (χ2n) is 7.69. The maximum atomic E-state index is 12.9. The molecule has 0 bridgehead atoms. The van der Waals surface area contributed by atoms with Gasteiger partial charge in [-0.1, -0.05) is 33.6 Å². The van der Waals surface area contributed by atoms with Gasteiger partial charge in [-0.25, -0.2) is 13.1 Å². The molecule has 3 N–H and O–H groups in total. The highest BCUT2D eigenvalue weighted by molar-refractivity contribution is 9.11. The van der Waals surface area contributed by atoms with Gasteiger partial charge in [0.2, 0.25) is 10.0 Å². The molecule has 1 fully saturated rings. The van der Waals surface area contributed by atoms with Crippen molar-refractivity contribution in [2.45, 2.75) is 37.1 Å². The van der Waals surface area contributed by atoms with E-state index >= 15 is 0 Å². The van der Waals surface area contributed by atoms with Crippen LogP contribution >= 0.6 is 31.9 Å². The smallest absolute Gasteiger partial charge is 0.376 e. The number of halogens is 2. The number of hydrogen-bond donors (Lipinski definition) is 3. The molecule has 3 rings (SSSR count). The first-order valence-electron chi connectivity index (χ1n) is 9.83. The van der Waals surface area contributed by atoms with E-state index in [1.54, 1.807) is 29.8 Å². The molecular formula is C20H24BBr2N3O4S. The van der Waals surface area contributed by atoms with Gasteiger partial charge in [-0.2, -0.15) is 0 Å². The number of nitrogens with one attached hydrogen (secondary N) is 2. The summed E-state index contributed by atoms with van der Waals surface area (Å²) in [5.41, 5.74) is 1.56. The van der Waals surface area contributed by atoms with Crippen molar-refractivity contribution in [1.29, 1.82) is 0 Å². The number of aryl methyl sites for hydroxylation is 1. The molecule has 0 spiro atoms. The summed E-state index contributed by atoms with van der Waals surface area (Å²) >= 11 is 6.60. The minimum Gasteiger partial charge on any atom is -0.437 e. The van der Waals surface area contributed by atoms with Crippen LogP contribution in [0.1, 0.15) is 22.3 Å². The van der Waals surface area contributed by atoms with Crippen molar-refractivity contribution in [3.63, 3.8) is 0 Å². The molecule has 11 heteroatoms. The lowest BCUT2D eigenvalue weighted by Crippen LogP contribution is -2.47. The SMILES string of the molecule is CB(O)N1C[C@H](NS(=O)(=O)c2cc(Br)ccc2Br)C[C@@H]1CNC(=O)c1cccc(C)c1. The Kier molecular flexibility index (Phi) is 7.98. The highest BCUT2D eigenvalue weighted by Crippen LogP contribution is 2.27. The molecule has 0 aliphatic carbocycles. The zero-order valence-electron chi connectivity index (χ0n) is 17.2. The molecule has 2 aromatic rings. The molecule has 1 saturated heterocycles. The molecule has 31 heavy (non-hydrogen) atoms. The highest BCUT2D eigenvalue weighted by atomic mass is 79.9. The summed E-state index contributed by atoms with van der Waals surface area (Å²) in [7, 11) is -4.54. The quantitative estimate of drug-likeness (QED) is 0.443. The Balaban J connectivity index is 1.68.